The van der Waals surface area contributed by atoms with Crippen molar-refractivity contribution >= 4 is 23.2 Å². The van der Waals surface area contributed by atoms with Crippen molar-refractivity contribution in [2.24, 2.45) is 12.8 Å². The first kappa shape index (κ1) is 14.6. The molecule has 1 heterocycles. The van der Waals surface area contributed by atoms with Crippen LogP contribution in [-0.2, 0) is 11.8 Å². The Morgan fingerprint density at radius 2 is 1.90 bits per heavy atom. The molecule has 0 spiro atoms. The first-order valence-corrected chi connectivity index (χ1v) is 6.41. The molecule has 0 fully saturated rings. The summed E-state index contributed by atoms with van der Waals surface area (Å²) in [6.07, 6.45) is 3.43. The normalized spacial score (nSPS) is 11.7. The molecule has 1 aromatic heterocycles. The first-order valence-electron chi connectivity index (χ1n) is 6.41. The van der Waals surface area contributed by atoms with E-state index in [0.717, 1.165) is 5.69 Å². The van der Waals surface area contributed by atoms with Crippen LogP contribution in [0.3, 0.4) is 0 Å². The topological polar surface area (TPSA) is 102 Å². The van der Waals surface area contributed by atoms with E-state index in [-0.39, 0.29) is 5.91 Å². The second kappa shape index (κ2) is 6.08. The summed E-state index contributed by atoms with van der Waals surface area (Å²) in [6.45, 7) is 1.75. The summed E-state index contributed by atoms with van der Waals surface area (Å²) in [7, 11) is 1.80. The number of carbonyl (C=O) groups excluding carboxylic acids is 2. The largest absolute Gasteiger partial charge is 0.371 e. The van der Waals surface area contributed by atoms with Crippen LogP contribution in [0.1, 0.15) is 17.3 Å². The van der Waals surface area contributed by atoms with E-state index in [0.29, 0.717) is 11.3 Å². The molecule has 0 aliphatic rings. The minimum Gasteiger partial charge on any atom is -0.371 e. The van der Waals surface area contributed by atoms with Crippen LogP contribution in [-0.4, -0.2) is 27.6 Å². The number of nitrogens with one attached hydrogen (secondary N) is 2. The lowest BCUT2D eigenvalue weighted by atomic mass is 10.2. The number of hydrogen-bond donors (Lipinski definition) is 3. The monoisotopic (exact) mass is 287 g/mol. The number of aryl methyl sites for hydroxylation is 1. The van der Waals surface area contributed by atoms with Gasteiger partial charge in [0.2, 0.25) is 11.8 Å². The van der Waals surface area contributed by atoms with E-state index in [4.69, 9.17) is 5.73 Å². The van der Waals surface area contributed by atoms with Crippen molar-refractivity contribution in [2.75, 3.05) is 10.6 Å². The number of rotatable bonds is 5. The minimum absolute atomic E-state index is 0.189. The number of benzene rings is 1. The fourth-order valence-electron chi connectivity index (χ4n) is 1.78. The molecule has 2 aromatic rings. The fourth-order valence-corrected chi connectivity index (χ4v) is 1.78. The molecule has 0 saturated carbocycles. The lowest BCUT2D eigenvalue weighted by Crippen LogP contribution is -2.31. The van der Waals surface area contributed by atoms with Crippen LogP contribution < -0.4 is 16.4 Å². The summed E-state index contributed by atoms with van der Waals surface area (Å²) in [5.41, 5.74) is 6.92. The number of aromatic nitrogens is 2. The van der Waals surface area contributed by atoms with Crippen molar-refractivity contribution in [3.05, 3.63) is 42.2 Å². The second-order valence-corrected chi connectivity index (χ2v) is 4.70. The maximum atomic E-state index is 12.0. The van der Waals surface area contributed by atoms with Crippen molar-refractivity contribution in [1.82, 2.24) is 9.78 Å². The van der Waals surface area contributed by atoms with Crippen molar-refractivity contribution in [3.8, 4) is 0 Å². The third-order valence-electron chi connectivity index (χ3n) is 2.92. The Morgan fingerprint density at radius 1 is 1.24 bits per heavy atom. The van der Waals surface area contributed by atoms with E-state index in [2.05, 4.69) is 15.7 Å². The third-order valence-corrected chi connectivity index (χ3v) is 2.92. The van der Waals surface area contributed by atoms with Gasteiger partial charge < -0.3 is 16.4 Å². The van der Waals surface area contributed by atoms with E-state index in [1.54, 1.807) is 55.3 Å². The first-order chi connectivity index (χ1) is 9.95. The van der Waals surface area contributed by atoms with E-state index < -0.39 is 11.9 Å². The average Bonchev–Trinajstić information content (AvgIpc) is 2.84. The SMILES string of the molecule is C[C@@H](Nc1cnn(C)c1)C(=O)Nc1ccc(C(N)=O)cc1. The number of nitrogens with zero attached hydrogens (tertiary/aromatic N) is 2. The van der Waals surface area contributed by atoms with Crippen LogP contribution in [0.4, 0.5) is 11.4 Å². The van der Waals surface area contributed by atoms with Crippen LogP contribution >= 0.6 is 0 Å². The number of amides is 2. The molecule has 1 atom stereocenters. The molecular formula is C14H17N5O2. The predicted molar refractivity (Wildman–Crippen MR) is 79.9 cm³/mol. The molecule has 2 rings (SSSR count). The van der Waals surface area contributed by atoms with E-state index in [1.807, 2.05) is 0 Å². The van der Waals surface area contributed by atoms with E-state index in [1.165, 1.54) is 0 Å². The average molecular weight is 287 g/mol. The van der Waals surface area contributed by atoms with Gasteiger partial charge in [0.05, 0.1) is 11.9 Å². The molecule has 1 aromatic carbocycles. The Labute approximate surface area is 122 Å². The smallest absolute Gasteiger partial charge is 0.248 e. The zero-order chi connectivity index (χ0) is 15.4. The van der Waals surface area contributed by atoms with Gasteiger partial charge in [-0.05, 0) is 31.2 Å². The Hall–Kier alpha value is -2.83. The molecule has 4 N–H and O–H groups in total. The van der Waals surface area contributed by atoms with Crippen molar-refractivity contribution in [1.29, 1.82) is 0 Å². The van der Waals surface area contributed by atoms with Gasteiger partial charge in [0.15, 0.2) is 0 Å². The highest BCUT2D eigenvalue weighted by Crippen LogP contribution is 2.11. The molecule has 7 heteroatoms. The van der Waals surface area contributed by atoms with Gasteiger partial charge in [-0.25, -0.2) is 0 Å². The van der Waals surface area contributed by atoms with Gasteiger partial charge in [0, 0.05) is 24.5 Å². The van der Waals surface area contributed by atoms with Gasteiger partial charge in [-0.15, -0.1) is 0 Å². The Morgan fingerprint density at radius 3 is 2.43 bits per heavy atom. The van der Waals surface area contributed by atoms with Gasteiger partial charge in [-0.3, -0.25) is 14.3 Å². The summed E-state index contributed by atoms with van der Waals surface area (Å²) in [5.74, 6) is -0.690. The number of hydrogen-bond acceptors (Lipinski definition) is 4. The number of carbonyl (C=O) groups is 2. The van der Waals surface area contributed by atoms with Crippen molar-refractivity contribution < 1.29 is 9.59 Å². The lowest BCUT2D eigenvalue weighted by Gasteiger charge is -2.14. The molecular weight excluding hydrogens is 270 g/mol. The molecule has 0 aliphatic carbocycles. The molecule has 0 bridgehead atoms. The Bertz CT molecular complexity index is 648. The molecule has 2 amide bonds. The second-order valence-electron chi connectivity index (χ2n) is 4.70. The zero-order valence-corrected chi connectivity index (χ0v) is 11.8. The molecule has 0 radical (unpaired) electrons. The molecule has 21 heavy (non-hydrogen) atoms. The van der Waals surface area contributed by atoms with Crippen LogP contribution in [0.2, 0.25) is 0 Å². The molecule has 0 aliphatic heterocycles. The van der Waals surface area contributed by atoms with Gasteiger partial charge in [0.25, 0.3) is 0 Å². The molecule has 110 valence electrons. The highest BCUT2D eigenvalue weighted by molar-refractivity contribution is 5.97. The lowest BCUT2D eigenvalue weighted by molar-refractivity contribution is -0.116. The van der Waals surface area contributed by atoms with Gasteiger partial charge >= 0.3 is 0 Å². The molecule has 0 unspecified atom stereocenters. The summed E-state index contributed by atoms with van der Waals surface area (Å²) in [6, 6.07) is 5.97. The predicted octanol–water partition coefficient (Wildman–Crippen LogP) is 0.958. The minimum atomic E-state index is -0.500. The summed E-state index contributed by atoms with van der Waals surface area (Å²) in [5, 5.41) is 9.81. The van der Waals surface area contributed by atoms with Crippen LogP contribution in [0, 0.1) is 0 Å². The highest BCUT2D eigenvalue weighted by atomic mass is 16.2. The van der Waals surface area contributed by atoms with Gasteiger partial charge in [0.1, 0.15) is 6.04 Å². The third kappa shape index (κ3) is 3.82. The van der Waals surface area contributed by atoms with Crippen molar-refractivity contribution in [3.63, 3.8) is 0 Å². The van der Waals surface area contributed by atoms with Crippen LogP contribution in [0.25, 0.3) is 0 Å². The van der Waals surface area contributed by atoms with Crippen LogP contribution in [0.5, 0.6) is 0 Å². The van der Waals surface area contributed by atoms with Gasteiger partial charge in [-0.2, -0.15) is 5.10 Å². The number of anilines is 2. The van der Waals surface area contributed by atoms with E-state index in [9.17, 15) is 9.59 Å². The summed E-state index contributed by atoms with van der Waals surface area (Å²) < 4.78 is 1.65. The Balaban J connectivity index is 1.95. The van der Waals surface area contributed by atoms with Crippen molar-refractivity contribution in [2.45, 2.75) is 13.0 Å². The Kier molecular flexibility index (Phi) is 4.22. The quantitative estimate of drug-likeness (QED) is 0.762. The number of nitrogens with two attached hydrogens (primary N) is 1. The molecule has 0 saturated heterocycles. The summed E-state index contributed by atoms with van der Waals surface area (Å²) >= 11 is 0. The maximum absolute atomic E-state index is 12.0. The van der Waals surface area contributed by atoms with E-state index >= 15 is 0 Å². The zero-order valence-electron chi connectivity index (χ0n) is 11.8. The fraction of sp³-hybridized carbons (Fsp3) is 0.214. The van der Waals surface area contributed by atoms with Crippen LogP contribution in [0.15, 0.2) is 36.7 Å². The number of primary amides is 1. The van der Waals surface area contributed by atoms with Gasteiger partial charge in [-0.1, -0.05) is 0 Å². The molecule has 7 nitrogen and oxygen atoms in total. The maximum Gasteiger partial charge on any atom is 0.248 e. The summed E-state index contributed by atoms with van der Waals surface area (Å²) in [4.78, 5) is 23.0. The highest BCUT2D eigenvalue weighted by Gasteiger charge is 2.13. The standard InChI is InChI=1S/C14H17N5O2/c1-9(17-12-7-16-19(2)8-12)14(21)18-11-5-3-10(4-6-11)13(15)20/h3-9,17H,1-2H3,(H2,15,20)(H,18,21)/t9-/m1/s1.